The van der Waals surface area contributed by atoms with Gasteiger partial charge >= 0.3 is 5.97 Å². The first-order valence-corrected chi connectivity index (χ1v) is 6.28. The molecule has 1 aromatic carbocycles. The Hall–Kier alpha value is -2.21. The maximum atomic E-state index is 10.9. The number of rotatable bonds is 2. The Morgan fingerprint density at radius 1 is 1.21 bits per heavy atom. The van der Waals surface area contributed by atoms with Gasteiger partial charge in [-0.1, -0.05) is 28.1 Å². The van der Waals surface area contributed by atoms with Gasteiger partial charge in [-0.2, -0.15) is 5.10 Å². The molecule has 6 heteroatoms. The quantitative estimate of drug-likeness (QED) is 0.789. The number of pyridine rings is 1. The van der Waals surface area contributed by atoms with Crippen LogP contribution < -0.4 is 0 Å². The van der Waals surface area contributed by atoms with E-state index in [0.29, 0.717) is 5.82 Å². The number of aromatic nitrogens is 3. The summed E-state index contributed by atoms with van der Waals surface area (Å²) in [6.07, 6.45) is 3.26. The second kappa shape index (κ2) is 4.47. The summed E-state index contributed by atoms with van der Waals surface area (Å²) in [4.78, 5) is 15.1. The van der Waals surface area contributed by atoms with Gasteiger partial charge < -0.3 is 5.11 Å². The van der Waals surface area contributed by atoms with Gasteiger partial charge in [-0.15, -0.1) is 0 Å². The zero-order valence-electron chi connectivity index (χ0n) is 9.62. The Balaban J connectivity index is 2.24. The summed E-state index contributed by atoms with van der Waals surface area (Å²) >= 11 is 3.48. The lowest BCUT2D eigenvalue weighted by atomic mass is 10.1. The Morgan fingerprint density at radius 3 is 2.79 bits per heavy atom. The van der Waals surface area contributed by atoms with Crippen molar-refractivity contribution in [3.8, 4) is 5.82 Å². The molecule has 0 fully saturated rings. The van der Waals surface area contributed by atoms with Gasteiger partial charge in [0, 0.05) is 27.6 Å². The molecule has 0 saturated carbocycles. The van der Waals surface area contributed by atoms with Gasteiger partial charge in [-0.3, -0.25) is 0 Å². The van der Waals surface area contributed by atoms with Gasteiger partial charge in [0.25, 0.3) is 0 Å². The van der Waals surface area contributed by atoms with Crippen LogP contribution in [0, 0.1) is 0 Å². The first-order valence-electron chi connectivity index (χ1n) is 5.49. The van der Waals surface area contributed by atoms with E-state index in [-0.39, 0.29) is 5.69 Å². The number of carbonyl (C=O) groups is 1. The maximum absolute atomic E-state index is 10.9. The van der Waals surface area contributed by atoms with E-state index < -0.39 is 5.97 Å². The normalized spacial score (nSPS) is 10.8. The molecular weight excluding hydrogens is 310 g/mol. The number of carboxylic acids is 1. The summed E-state index contributed by atoms with van der Waals surface area (Å²) in [6.45, 7) is 0. The predicted octanol–water partition coefficient (Wildman–Crippen LogP) is 2.88. The highest BCUT2D eigenvalue weighted by atomic mass is 79.9. The molecule has 0 aliphatic heterocycles. The molecule has 19 heavy (non-hydrogen) atoms. The van der Waals surface area contributed by atoms with E-state index in [0.717, 1.165) is 15.2 Å². The van der Waals surface area contributed by atoms with Crippen molar-refractivity contribution in [2.24, 2.45) is 0 Å². The maximum Gasteiger partial charge on any atom is 0.356 e. The van der Waals surface area contributed by atoms with E-state index in [1.54, 1.807) is 12.4 Å². The molecule has 0 bridgehead atoms. The van der Waals surface area contributed by atoms with E-state index in [1.807, 2.05) is 24.3 Å². The summed E-state index contributed by atoms with van der Waals surface area (Å²) in [5, 5.41) is 14.8. The average Bonchev–Trinajstić information content (AvgIpc) is 2.88. The second-order valence-electron chi connectivity index (χ2n) is 3.92. The third-order valence-corrected chi connectivity index (χ3v) is 3.45. The van der Waals surface area contributed by atoms with E-state index in [1.165, 1.54) is 10.7 Å². The molecule has 0 radical (unpaired) electrons. The van der Waals surface area contributed by atoms with Crippen LogP contribution in [0.3, 0.4) is 0 Å². The minimum atomic E-state index is -1.06. The average molecular weight is 318 g/mol. The summed E-state index contributed by atoms with van der Waals surface area (Å²) in [5.74, 6) is -0.452. The molecule has 0 saturated heterocycles. The Kier molecular flexibility index (Phi) is 2.79. The van der Waals surface area contributed by atoms with Crippen LogP contribution in [-0.2, 0) is 0 Å². The van der Waals surface area contributed by atoms with Crippen LogP contribution in [0.25, 0.3) is 16.6 Å². The number of nitrogens with zero attached hydrogens (tertiary/aromatic N) is 3. The molecule has 2 aromatic heterocycles. The van der Waals surface area contributed by atoms with Gasteiger partial charge in [0.15, 0.2) is 11.5 Å². The molecule has 5 nitrogen and oxygen atoms in total. The fraction of sp³-hybridized carbons (Fsp3) is 0. The molecule has 1 N–H and O–H groups in total. The van der Waals surface area contributed by atoms with Crippen molar-refractivity contribution >= 4 is 32.7 Å². The standard InChI is InChI=1S/C13H8BrN3O2/c14-10-3-1-2-9-8(10)4-6-15-12(9)17-7-5-11(16-17)13(18)19/h1-7H,(H,18,19). The third kappa shape index (κ3) is 2.00. The molecule has 0 amide bonds. The second-order valence-corrected chi connectivity index (χ2v) is 4.77. The topological polar surface area (TPSA) is 68.0 Å². The molecule has 3 aromatic rings. The number of hydrogen-bond acceptors (Lipinski definition) is 3. The molecule has 94 valence electrons. The van der Waals surface area contributed by atoms with Crippen LogP contribution >= 0.6 is 15.9 Å². The van der Waals surface area contributed by atoms with Crippen LogP contribution in [0.2, 0.25) is 0 Å². The minimum absolute atomic E-state index is 0.00574. The fourth-order valence-electron chi connectivity index (χ4n) is 1.89. The number of hydrogen-bond donors (Lipinski definition) is 1. The lowest BCUT2D eigenvalue weighted by molar-refractivity contribution is 0.0690. The fourth-order valence-corrected chi connectivity index (χ4v) is 2.39. The molecule has 0 spiro atoms. The minimum Gasteiger partial charge on any atom is -0.476 e. The van der Waals surface area contributed by atoms with Gasteiger partial charge in [0.1, 0.15) is 0 Å². The monoisotopic (exact) mass is 317 g/mol. The molecule has 3 rings (SSSR count). The van der Waals surface area contributed by atoms with Crippen LogP contribution in [-0.4, -0.2) is 25.8 Å². The Bertz CT molecular complexity index is 782. The summed E-state index contributed by atoms with van der Waals surface area (Å²) < 4.78 is 2.43. The van der Waals surface area contributed by atoms with Gasteiger partial charge in [0.2, 0.25) is 0 Å². The number of carboxylic acid groups (broad SMARTS) is 1. The molecule has 2 heterocycles. The van der Waals surface area contributed by atoms with Gasteiger partial charge in [-0.25, -0.2) is 14.5 Å². The number of halogens is 1. The Labute approximate surface area is 116 Å². The van der Waals surface area contributed by atoms with Crippen LogP contribution in [0.15, 0.2) is 47.2 Å². The summed E-state index contributed by atoms with van der Waals surface area (Å²) in [6, 6.07) is 9.10. The SMILES string of the molecule is O=C(O)c1ccn(-c2nccc3c(Br)cccc23)n1. The molecule has 0 unspecified atom stereocenters. The van der Waals surface area contributed by atoms with Crippen molar-refractivity contribution in [2.75, 3.05) is 0 Å². The highest BCUT2D eigenvalue weighted by molar-refractivity contribution is 9.10. The van der Waals surface area contributed by atoms with Crippen LogP contribution in [0.5, 0.6) is 0 Å². The smallest absolute Gasteiger partial charge is 0.356 e. The van der Waals surface area contributed by atoms with Gasteiger partial charge in [-0.05, 0) is 18.2 Å². The summed E-state index contributed by atoms with van der Waals surface area (Å²) in [7, 11) is 0. The molecule has 0 aliphatic rings. The van der Waals surface area contributed by atoms with E-state index in [9.17, 15) is 4.79 Å². The van der Waals surface area contributed by atoms with E-state index in [4.69, 9.17) is 5.11 Å². The molecule has 0 aliphatic carbocycles. The number of fused-ring (bicyclic) bond motifs is 1. The summed E-state index contributed by atoms with van der Waals surface area (Å²) in [5.41, 5.74) is -0.00574. The van der Waals surface area contributed by atoms with Crippen LogP contribution in [0.4, 0.5) is 0 Å². The first kappa shape index (κ1) is 11.9. The Morgan fingerprint density at radius 2 is 2.05 bits per heavy atom. The van der Waals surface area contributed by atoms with Gasteiger partial charge in [0.05, 0.1) is 0 Å². The lowest BCUT2D eigenvalue weighted by Crippen LogP contribution is -2.03. The third-order valence-electron chi connectivity index (χ3n) is 2.76. The van der Waals surface area contributed by atoms with Crippen molar-refractivity contribution < 1.29 is 9.90 Å². The molecule has 0 atom stereocenters. The first-order chi connectivity index (χ1) is 9.16. The zero-order chi connectivity index (χ0) is 13.4. The van der Waals surface area contributed by atoms with Crippen molar-refractivity contribution in [2.45, 2.75) is 0 Å². The van der Waals surface area contributed by atoms with Crippen molar-refractivity contribution in [1.82, 2.24) is 14.8 Å². The van der Waals surface area contributed by atoms with Crippen molar-refractivity contribution in [1.29, 1.82) is 0 Å². The lowest BCUT2D eigenvalue weighted by Gasteiger charge is -2.06. The van der Waals surface area contributed by atoms with Crippen LogP contribution in [0.1, 0.15) is 10.5 Å². The van der Waals surface area contributed by atoms with Crippen molar-refractivity contribution in [3.63, 3.8) is 0 Å². The van der Waals surface area contributed by atoms with Crippen molar-refractivity contribution in [3.05, 3.63) is 52.9 Å². The zero-order valence-corrected chi connectivity index (χ0v) is 11.2. The molecular formula is C13H8BrN3O2. The number of aromatic carboxylic acids is 1. The number of benzene rings is 1. The predicted molar refractivity (Wildman–Crippen MR) is 73.5 cm³/mol. The highest BCUT2D eigenvalue weighted by Crippen LogP contribution is 2.26. The van der Waals surface area contributed by atoms with E-state index >= 15 is 0 Å². The van der Waals surface area contributed by atoms with E-state index in [2.05, 4.69) is 26.0 Å². The largest absolute Gasteiger partial charge is 0.476 e. The highest BCUT2D eigenvalue weighted by Gasteiger charge is 2.11.